The van der Waals surface area contributed by atoms with Crippen molar-refractivity contribution in [2.24, 2.45) is 5.92 Å². The minimum Gasteiger partial charge on any atom is -0.323 e. The molecule has 166 valence electrons. The number of para-hydroxylation sites is 1. The highest BCUT2D eigenvalue weighted by Gasteiger charge is 2.55. The second-order valence-corrected chi connectivity index (χ2v) is 9.97. The molecule has 4 amide bonds. The zero-order chi connectivity index (χ0) is 22.3. The fourth-order valence-corrected chi connectivity index (χ4v) is 6.44. The molecule has 2 aliphatic heterocycles. The van der Waals surface area contributed by atoms with Gasteiger partial charge in [-0.2, -0.15) is 0 Å². The molecule has 2 aromatic carbocycles. The van der Waals surface area contributed by atoms with Crippen molar-refractivity contribution in [3.8, 4) is 0 Å². The van der Waals surface area contributed by atoms with E-state index in [0.717, 1.165) is 40.3 Å². The third-order valence-corrected chi connectivity index (χ3v) is 8.22. The second-order valence-electron chi connectivity index (χ2n) is 8.91. The van der Waals surface area contributed by atoms with E-state index in [2.05, 4.69) is 5.32 Å². The molecule has 2 fully saturated rings. The molecule has 6 nitrogen and oxygen atoms in total. The van der Waals surface area contributed by atoms with E-state index in [0.29, 0.717) is 12.2 Å². The predicted molar refractivity (Wildman–Crippen MR) is 124 cm³/mol. The van der Waals surface area contributed by atoms with E-state index in [4.69, 9.17) is 0 Å². The normalized spacial score (nSPS) is 27.4. The first-order chi connectivity index (χ1) is 15.5. The summed E-state index contributed by atoms with van der Waals surface area (Å²) in [7, 11) is 0. The van der Waals surface area contributed by atoms with Gasteiger partial charge in [0.1, 0.15) is 12.1 Å². The van der Waals surface area contributed by atoms with Crippen molar-refractivity contribution in [1.29, 1.82) is 0 Å². The fraction of sp³-hybridized carbons (Fsp3) is 0.400. The second kappa shape index (κ2) is 8.28. The summed E-state index contributed by atoms with van der Waals surface area (Å²) in [4.78, 5) is 43.9. The number of hydrogen-bond donors (Lipinski definition) is 1. The van der Waals surface area contributed by atoms with Gasteiger partial charge in [0.05, 0.1) is 11.7 Å². The van der Waals surface area contributed by atoms with E-state index in [1.54, 1.807) is 16.7 Å². The third-order valence-electron chi connectivity index (χ3n) is 7.08. The molecule has 7 heteroatoms. The Morgan fingerprint density at radius 2 is 1.84 bits per heavy atom. The highest BCUT2D eigenvalue weighted by molar-refractivity contribution is 7.99. The number of anilines is 1. The molecule has 1 saturated heterocycles. The van der Waals surface area contributed by atoms with Gasteiger partial charge >= 0.3 is 6.03 Å². The molecule has 2 aromatic rings. The maximum atomic E-state index is 13.7. The Balaban J connectivity index is 1.45. The Kier molecular flexibility index (Phi) is 5.45. The van der Waals surface area contributed by atoms with Gasteiger partial charge in [-0.25, -0.2) is 4.79 Å². The van der Waals surface area contributed by atoms with Crippen LogP contribution >= 0.6 is 11.8 Å². The minimum absolute atomic E-state index is 0.0666. The number of carbonyl (C=O) groups excluding carboxylic acids is 3. The number of benzene rings is 2. The number of nitrogens with zero attached hydrogens (tertiary/aromatic N) is 2. The number of urea groups is 1. The number of carbonyl (C=O) groups is 3. The molecule has 0 radical (unpaired) electrons. The topological polar surface area (TPSA) is 69.7 Å². The molecule has 0 bridgehead atoms. The molecule has 5 rings (SSSR count). The number of hydrogen-bond acceptors (Lipinski definition) is 4. The summed E-state index contributed by atoms with van der Waals surface area (Å²) in [5.41, 5.74) is 1.01. The first kappa shape index (κ1) is 21.1. The lowest BCUT2D eigenvalue weighted by molar-refractivity contribution is -0.136. The van der Waals surface area contributed by atoms with Crippen molar-refractivity contribution in [3.63, 3.8) is 0 Å². The first-order valence-corrected chi connectivity index (χ1v) is 12.2. The summed E-state index contributed by atoms with van der Waals surface area (Å²) in [6.45, 7) is 1.77. The van der Waals surface area contributed by atoms with Crippen LogP contribution in [0.25, 0.3) is 0 Å². The van der Waals surface area contributed by atoms with Crippen molar-refractivity contribution in [1.82, 2.24) is 10.2 Å². The molecule has 3 aliphatic rings. The summed E-state index contributed by atoms with van der Waals surface area (Å²) in [6, 6.07) is 17.1. The Morgan fingerprint density at radius 3 is 2.62 bits per heavy atom. The highest BCUT2D eigenvalue weighted by atomic mass is 32.2. The molecular weight excluding hydrogens is 422 g/mol. The number of thioether (sulfide) groups is 1. The number of amides is 4. The molecule has 2 heterocycles. The Morgan fingerprint density at radius 1 is 1.09 bits per heavy atom. The molecule has 1 aliphatic carbocycles. The van der Waals surface area contributed by atoms with Crippen LogP contribution in [0.1, 0.15) is 44.2 Å². The van der Waals surface area contributed by atoms with Crippen molar-refractivity contribution in [3.05, 3.63) is 60.2 Å². The average Bonchev–Trinajstić information content (AvgIpc) is 3.05. The fourth-order valence-electron chi connectivity index (χ4n) is 5.27. The van der Waals surface area contributed by atoms with Gasteiger partial charge in [-0.3, -0.25) is 14.5 Å². The van der Waals surface area contributed by atoms with Gasteiger partial charge < -0.3 is 10.2 Å². The summed E-state index contributed by atoms with van der Waals surface area (Å²) >= 11 is 1.72. The number of fused-ring (bicyclic) bond motifs is 1. The van der Waals surface area contributed by atoms with Crippen molar-refractivity contribution in [2.75, 3.05) is 17.2 Å². The quantitative estimate of drug-likeness (QED) is 0.707. The van der Waals surface area contributed by atoms with Gasteiger partial charge in [0, 0.05) is 10.6 Å². The standard InChI is InChI=1S/C25H27N3O3S/c1-17-9-7-8-14-25(17)23(30)27(24(31)26-25)15-22(29)28-19-12-5-6-13-21(19)32-16-20(28)18-10-3-2-4-11-18/h2-6,10-13,17,20H,7-9,14-16H2,1H3,(H,26,31)/t17-,20-,25-/m1/s1. The van der Waals surface area contributed by atoms with Crippen molar-refractivity contribution >= 4 is 35.3 Å². The number of nitrogens with one attached hydrogen (secondary N) is 1. The Hall–Kier alpha value is -2.80. The van der Waals surface area contributed by atoms with Crippen LogP contribution in [0.2, 0.25) is 0 Å². The molecule has 32 heavy (non-hydrogen) atoms. The lowest BCUT2D eigenvalue weighted by Crippen LogP contribution is -2.54. The molecule has 3 atom stereocenters. The molecular formula is C25H27N3O3S. The lowest BCUT2D eigenvalue weighted by Gasteiger charge is -2.38. The summed E-state index contributed by atoms with van der Waals surface area (Å²) < 4.78 is 0. The Labute approximate surface area is 192 Å². The maximum Gasteiger partial charge on any atom is 0.325 e. The van der Waals surface area contributed by atoms with Crippen LogP contribution in [0, 0.1) is 5.92 Å². The van der Waals surface area contributed by atoms with Gasteiger partial charge in [0.15, 0.2) is 0 Å². The molecule has 1 spiro atoms. The number of imide groups is 1. The molecule has 0 unspecified atom stereocenters. The maximum absolute atomic E-state index is 13.7. The van der Waals surface area contributed by atoms with Gasteiger partial charge in [-0.15, -0.1) is 11.8 Å². The largest absolute Gasteiger partial charge is 0.325 e. The van der Waals surface area contributed by atoms with E-state index >= 15 is 0 Å². The zero-order valence-corrected chi connectivity index (χ0v) is 18.9. The first-order valence-electron chi connectivity index (χ1n) is 11.2. The zero-order valence-electron chi connectivity index (χ0n) is 18.1. The van der Waals surface area contributed by atoms with Crippen LogP contribution in [-0.2, 0) is 9.59 Å². The van der Waals surface area contributed by atoms with Crippen molar-refractivity contribution in [2.45, 2.75) is 49.1 Å². The summed E-state index contributed by atoms with van der Waals surface area (Å²) in [5, 5.41) is 2.95. The van der Waals surface area contributed by atoms with E-state index < -0.39 is 11.6 Å². The average molecular weight is 450 g/mol. The van der Waals surface area contributed by atoms with Crippen LogP contribution in [0.4, 0.5) is 10.5 Å². The third kappa shape index (κ3) is 3.39. The monoisotopic (exact) mass is 449 g/mol. The summed E-state index contributed by atoms with van der Waals surface area (Å²) in [6.07, 6.45) is 3.51. The van der Waals surface area contributed by atoms with Gasteiger partial charge in [-0.1, -0.05) is 62.2 Å². The van der Waals surface area contributed by atoms with Crippen LogP contribution in [0.15, 0.2) is 59.5 Å². The number of rotatable bonds is 3. The van der Waals surface area contributed by atoms with Crippen LogP contribution in [0.3, 0.4) is 0 Å². The van der Waals surface area contributed by atoms with E-state index in [-0.39, 0.29) is 30.3 Å². The molecule has 1 N–H and O–H groups in total. The smallest absolute Gasteiger partial charge is 0.323 e. The van der Waals surface area contributed by atoms with Crippen LogP contribution < -0.4 is 10.2 Å². The highest BCUT2D eigenvalue weighted by Crippen LogP contribution is 2.43. The van der Waals surface area contributed by atoms with Crippen LogP contribution in [-0.4, -0.2) is 40.6 Å². The SMILES string of the molecule is C[C@@H]1CCCC[C@@]12NC(=O)N(CC(=O)N1c3ccccc3SC[C@@H]1c1ccccc1)C2=O. The predicted octanol–water partition coefficient (Wildman–Crippen LogP) is 4.37. The van der Waals surface area contributed by atoms with E-state index in [1.165, 1.54) is 0 Å². The Bertz CT molecular complexity index is 1060. The van der Waals surface area contributed by atoms with Gasteiger partial charge in [-0.05, 0) is 36.5 Å². The van der Waals surface area contributed by atoms with E-state index in [1.807, 2.05) is 61.5 Å². The molecule has 1 saturated carbocycles. The van der Waals surface area contributed by atoms with Gasteiger partial charge in [0.25, 0.3) is 5.91 Å². The lowest BCUT2D eigenvalue weighted by atomic mass is 9.73. The van der Waals surface area contributed by atoms with Gasteiger partial charge in [0.2, 0.25) is 5.91 Å². The van der Waals surface area contributed by atoms with Crippen molar-refractivity contribution < 1.29 is 14.4 Å². The summed E-state index contributed by atoms with van der Waals surface area (Å²) in [5.74, 6) is 0.292. The minimum atomic E-state index is -0.857. The van der Waals surface area contributed by atoms with E-state index in [9.17, 15) is 14.4 Å². The molecule has 0 aromatic heterocycles. The van der Waals surface area contributed by atoms with Crippen LogP contribution in [0.5, 0.6) is 0 Å².